The van der Waals surface area contributed by atoms with E-state index >= 15 is 0 Å². The Bertz CT molecular complexity index is 395. The van der Waals surface area contributed by atoms with Crippen molar-refractivity contribution < 1.29 is 4.42 Å². The molecule has 1 heterocycles. The van der Waals surface area contributed by atoms with Gasteiger partial charge in [0, 0.05) is 12.1 Å². The summed E-state index contributed by atoms with van der Waals surface area (Å²) in [4.78, 5) is 4.10. The lowest BCUT2D eigenvalue weighted by molar-refractivity contribution is 0.586. The maximum atomic E-state index is 5.49. The topological polar surface area (TPSA) is 38.1 Å². The molecule has 1 N–H and O–H groups in total. The van der Waals surface area contributed by atoms with Gasteiger partial charge in [-0.1, -0.05) is 30.3 Å². The fraction of sp³-hybridized carbons (Fsp3) is 0.182. The van der Waals surface area contributed by atoms with Crippen LogP contribution in [0.25, 0.3) is 11.3 Å². The van der Waals surface area contributed by atoms with Crippen LogP contribution in [-0.4, -0.2) is 11.5 Å². The standard InChI is InChI=1S/C11H12N2O/c1-2-12-11-13-8-10(14-11)9-6-4-3-5-7-9/h3-8H,2H2,1H3,(H,12,13). The van der Waals surface area contributed by atoms with Gasteiger partial charge in [0.25, 0.3) is 6.01 Å². The van der Waals surface area contributed by atoms with E-state index in [1.807, 2.05) is 37.3 Å². The fourth-order valence-corrected chi connectivity index (χ4v) is 1.24. The number of nitrogens with zero attached hydrogens (tertiary/aromatic N) is 1. The van der Waals surface area contributed by atoms with E-state index in [4.69, 9.17) is 4.42 Å². The summed E-state index contributed by atoms with van der Waals surface area (Å²) in [7, 11) is 0. The molecule has 1 aromatic carbocycles. The zero-order valence-electron chi connectivity index (χ0n) is 8.03. The summed E-state index contributed by atoms with van der Waals surface area (Å²) < 4.78 is 5.49. The predicted octanol–water partition coefficient (Wildman–Crippen LogP) is 2.77. The largest absolute Gasteiger partial charge is 0.424 e. The number of anilines is 1. The molecule has 0 saturated heterocycles. The maximum Gasteiger partial charge on any atom is 0.295 e. The third-order valence-corrected chi connectivity index (χ3v) is 1.89. The molecule has 3 nitrogen and oxygen atoms in total. The SMILES string of the molecule is CCNc1ncc(-c2ccccc2)o1. The molecule has 14 heavy (non-hydrogen) atoms. The molecular formula is C11H12N2O. The van der Waals surface area contributed by atoms with Crippen LogP contribution >= 0.6 is 0 Å². The molecule has 0 aliphatic carbocycles. The monoisotopic (exact) mass is 188 g/mol. The minimum atomic E-state index is 0.575. The molecule has 0 spiro atoms. The van der Waals surface area contributed by atoms with E-state index < -0.39 is 0 Å². The third kappa shape index (κ3) is 1.76. The van der Waals surface area contributed by atoms with Gasteiger partial charge < -0.3 is 9.73 Å². The Balaban J connectivity index is 2.25. The van der Waals surface area contributed by atoms with E-state index in [-0.39, 0.29) is 0 Å². The molecule has 2 rings (SSSR count). The summed E-state index contributed by atoms with van der Waals surface area (Å²) in [6.07, 6.45) is 1.73. The molecule has 0 saturated carbocycles. The van der Waals surface area contributed by atoms with Crippen LogP contribution in [0.1, 0.15) is 6.92 Å². The van der Waals surface area contributed by atoms with Gasteiger partial charge >= 0.3 is 0 Å². The average molecular weight is 188 g/mol. The van der Waals surface area contributed by atoms with E-state index in [2.05, 4.69) is 10.3 Å². The van der Waals surface area contributed by atoms with Gasteiger partial charge in [-0.3, -0.25) is 0 Å². The predicted molar refractivity (Wildman–Crippen MR) is 56.1 cm³/mol. The molecule has 2 aromatic rings. The zero-order valence-corrected chi connectivity index (χ0v) is 8.03. The molecule has 0 bridgehead atoms. The van der Waals surface area contributed by atoms with E-state index in [1.54, 1.807) is 6.20 Å². The quantitative estimate of drug-likeness (QED) is 0.804. The van der Waals surface area contributed by atoms with E-state index in [0.717, 1.165) is 17.9 Å². The van der Waals surface area contributed by atoms with E-state index in [9.17, 15) is 0 Å². The lowest BCUT2D eigenvalue weighted by Gasteiger charge is -1.95. The molecule has 1 aromatic heterocycles. The van der Waals surface area contributed by atoms with Gasteiger partial charge in [-0.2, -0.15) is 0 Å². The number of nitrogens with one attached hydrogen (secondary N) is 1. The number of rotatable bonds is 3. The van der Waals surface area contributed by atoms with Crippen LogP contribution in [0, 0.1) is 0 Å². The highest BCUT2D eigenvalue weighted by atomic mass is 16.4. The van der Waals surface area contributed by atoms with Crippen molar-refractivity contribution in [2.75, 3.05) is 11.9 Å². The van der Waals surface area contributed by atoms with E-state index in [0.29, 0.717) is 6.01 Å². The lowest BCUT2D eigenvalue weighted by Crippen LogP contribution is -1.95. The number of hydrogen-bond acceptors (Lipinski definition) is 3. The van der Waals surface area contributed by atoms with Gasteiger partial charge in [-0.25, -0.2) is 4.98 Å². The molecule has 0 aliphatic heterocycles. The van der Waals surface area contributed by atoms with Gasteiger partial charge in [0.1, 0.15) is 0 Å². The maximum absolute atomic E-state index is 5.49. The Morgan fingerprint density at radius 2 is 2.07 bits per heavy atom. The Morgan fingerprint density at radius 1 is 1.29 bits per heavy atom. The van der Waals surface area contributed by atoms with Gasteiger partial charge in [0.15, 0.2) is 5.76 Å². The highest BCUT2D eigenvalue weighted by Gasteiger charge is 2.03. The number of benzene rings is 1. The first-order valence-electron chi connectivity index (χ1n) is 4.65. The van der Waals surface area contributed by atoms with E-state index in [1.165, 1.54) is 0 Å². The normalized spacial score (nSPS) is 10.1. The van der Waals surface area contributed by atoms with Crippen LogP contribution in [0.3, 0.4) is 0 Å². The van der Waals surface area contributed by atoms with Crippen molar-refractivity contribution in [3.63, 3.8) is 0 Å². The first-order chi connectivity index (χ1) is 6.90. The molecule has 0 unspecified atom stereocenters. The van der Waals surface area contributed by atoms with Gasteiger partial charge in [-0.05, 0) is 6.92 Å². The molecule has 0 atom stereocenters. The molecule has 0 radical (unpaired) electrons. The first kappa shape index (κ1) is 8.81. The van der Waals surface area contributed by atoms with Crippen molar-refractivity contribution in [3.8, 4) is 11.3 Å². The zero-order chi connectivity index (χ0) is 9.80. The summed E-state index contributed by atoms with van der Waals surface area (Å²) in [6, 6.07) is 10.5. The Labute approximate surface area is 82.8 Å². The highest BCUT2D eigenvalue weighted by Crippen LogP contribution is 2.21. The fourth-order valence-electron chi connectivity index (χ4n) is 1.24. The van der Waals surface area contributed by atoms with Crippen LogP contribution in [0.5, 0.6) is 0 Å². The Morgan fingerprint density at radius 3 is 2.79 bits per heavy atom. The summed E-state index contributed by atoms with van der Waals surface area (Å²) in [5.41, 5.74) is 1.05. The minimum Gasteiger partial charge on any atom is -0.424 e. The number of hydrogen-bond donors (Lipinski definition) is 1. The van der Waals surface area contributed by atoms with Gasteiger partial charge in [0.05, 0.1) is 6.20 Å². The number of aromatic nitrogens is 1. The van der Waals surface area contributed by atoms with Crippen LogP contribution in [0.4, 0.5) is 6.01 Å². The lowest BCUT2D eigenvalue weighted by atomic mass is 10.2. The van der Waals surface area contributed by atoms with Crippen molar-refractivity contribution in [1.82, 2.24) is 4.98 Å². The summed E-state index contributed by atoms with van der Waals surface area (Å²) in [5.74, 6) is 0.793. The smallest absolute Gasteiger partial charge is 0.295 e. The molecule has 0 amide bonds. The van der Waals surface area contributed by atoms with Crippen LogP contribution < -0.4 is 5.32 Å². The highest BCUT2D eigenvalue weighted by molar-refractivity contribution is 5.56. The van der Waals surface area contributed by atoms with Crippen LogP contribution in [0.2, 0.25) is 0 Å². The first-order valence-corrected chi connectivity index (χ1v) is 4.65. The van der Waals surface area contributed by atoms with Gasteiger partial charge in [-0.15, -0.1) is 0 Å². The molecular weight excluding hydrogens is 176 g/mol. The Kier molecular flexibility index (Phi) is 2.49. The van der Waals surface area contributed by atoms with Crippen molar-refractivity contribution in [3.05, 3.63) is 36.5 Å². The summed E-state index contributed by atoms with van der Waals surface area (Å²) >= 11 is 0. The average Bonchev–Trinajstić information content (AvgIpc) is 2.68. The second-order valence-corrected chi connectivity index (χ2v) is 2.93. The molecule has 0 aliphatic rings. The summed E-state index contributed by atoms with van der Waals surface area (Å²) in [6.45, 7) is 2.82. The minimum absolute atomic E-state index is 0.575. The number of oxazole rings is 1. The van der Waals surface area contributed by atoms with Crippen LogP contribution in [-0.2, 0) is 0 Å². The third-order valence-electron chi connectivity index (χ3n) is 1.89. The van der Waals surface area contributed by atoms with Crippen molar-refractivity contribution in [2.45, 2.75) is 6.92 Å². The van der Waals surface area contributed by atoms with Crippen molar-refractivity contribution in [2.24, 2.45) is 0 Å². The second kappa shape index (κ2) is 3.96. The van der Waals surface area contributed by atoms with Gasteiger partial charge in [0.2, 0.25) is 0 Å². The summed E-state index contributed by atoms with van der Waals surface area (Å²) in [5, 5.41) is 3.02. The molecule has 0 fully saturated rings. The molecule has 3 heteroatoms. The molecule has 72 valence electrons. The second-order valence-electron chi connectivity index (χ2n) is 2.93. The van der Waals surface area contributed by atoms with Crippen molar-refractivity contribution in [1.29, 1.82) is 0 Å². The van der Waals surface area contributed by atoms with Crippen LogP contribution in [0.15, 0.2) is 40.9 Å². The Hall–Kier alpha value is -1.77. The van der Waals surface area contributed by atoms with Crippen molar-refractivity contribution >= 4 is 6.01 Å².